The molecule has 0 saturated carbocycles. The Morgan fingerprint density at radius 2 is 1.86 bits per heavy atom. The number of halogens is 2. The molecule has 2 aromatic carbocycles. The molecule has 1 aliphatic heterocycles. The van der Waals surface area contributed by atoms with Gasteiger partial charge in [0.15, 0.2) is 0 Å². The fourth-order valence-corrected chi connectivity index (χ4v) is 3.56. The summed E-state index contributed by atoms with van der Waals surface area (Å²) in [6.07, 6.45) is 0. The van der Waals surface area contributed by atoms with Crippen LogP contribution in [0.2, 0.25) is 10.0 Å². The standard InChI is InChI=1S/C21H19Cl2NO5/c1-28-9-8-24-18(12-6-7-15(22)16(23)11-12)17(20(26)21(24)27)19(25)13-4-3-5-14(10-13)29-2/h3-7,10-11,18,25H,8-9H2,1-2H3. The minimum Gasteiger partial charge on any atom is -0.507 e. The van der Waals surface area contributed by atoms with Crippen LogP contribution in [-0.2, 0) is 14.3 Å². The number of nitrogens with zero attached hydrogens (tertiary/aromatic N) is 1. The molecule has 8 heteroatoms. The van der Waals surface area contributed by atoms with Crippen molar-refractivity contribution in [2.45, 2.75) is 6.04 Å². The largest absolute Gasteiger partial charge is 0.507 e. The van der Waals surface area contributed by atoms with E-state index in [-0.39, 0.29) is 29.5 Å². The van der Waals surface area contributed by atoms with E-state index >= 15 is 0 Å². The van der Waals surface area contributed by atoms with Crippen LogP contribution in [0.15, 0.2) is 48.0 Å². The van der Waals surface area contributed by atoms with E-state index in [9.17, 15) is 14.7 Å². The van der Waals surface area contributed by atoms with Gasteiger partial charge in [0.1, 0.15) is 11.5 Å². The Labute approximate surface area is 178 Å². The van der Waals surface area contributed by atoms with Crippen molar-refractivity contribution >= 4 is 40.7 Å². The zero-order valence-electron chi connectivity index (χ0n) is 15.8. The number of benzene rings is 2. The Balaban J connectivity index is 2.19. The third-order valence-corrected chi connectivity index (χ3v) is 5.42. The first-order chi connectivity index (χ1) is 13.9. The molecular formula is C21H19Cl2NO5. The van der Waals surface area contributed by atoms with E-state index in [2.05, 4.69) is 0 Å². The molecule has 1 aliphatic rings. The van der Waals surface area contributed by atoms with Crippen molar-refractivity contribution in [3.63, 3.8) is 0 Å². The van der Waals surface area contributed by atoms with Crippen LogP contribution < -0.4 is 4.74 Å². The molecule has 0 aromatic heterocycles. The number of aliphatic hydroxyl groups excluding tert-OH is 1. The van der Waals surface area contributed by atoms with E-state index in [1.807, 2.05) is 0 Å². The number of carbonyl (C=O) groups is 2. The zero-order chi connectivity index (χ0) is 21.1. The number of ketones is 1. The molecule has 0 aliphatic carbocycles. The molecule has 1 amide bonds. The Bertz CT molecular complexity index is 989. The molecule has 1 N–H and O–H groups in total. The first-order valence-corrected chi connectivity index (χ1v) is 9.51. The highest BCUT2D eigenvalue weighted by molar-refractivity contribution is 6.46. The molecule has 2 aromatic rings. The SMILES string of the molecule is COCCN1C(=O)C(=O)C(=C(O)c2cccc(OC)c2)C1c1ccc(Cl)c(Cl)c1. The lowest BCUT2D eigenvalue weighted by atomic mass is 9.95. The summed E-state index contributed by atoms with van der Waals surface area (Å²) in [6, 6.07) is 10.6. The molecule has 3 rings (SSSR count). The topological polar surface area (TPSA) is 76.1 Å². The molecule has 0 spiro atoms. The summed E-state index contributed by atoms with van der Waals surface area (Å²) in [6.45, 7) is 0.394. The van der Waals surface area contributed by atoms with Crippen LogP contribution in [0.3, 0.4) is 0 Å². The number of rotatable bonds is 6. The van der Waals surface area contributed by atoms with Crippen molar-refractivity contribution in [3.8, 4) is 5.75 Å². The fourth-order valence-electron chi connectivity index (χ4n) is 3.26. The van der Waals surface area contributed by atoms with E-state index in [1.54, 1.807) is 42.5 Å². The maximum Gasteiger partial charge on any atom is 0.295 e. The highest BCUT2D eigenvalue weighted by Gasteiger charge is 2.46. The Morgan fingerprint density at radius 1 is 1.10 bits per heavy atom. The first kappa shape index (κ1) is 21.2. The van der Waals surface area contributed by atoms with Crippen LogP contribution in [0.1, 0.15) is 17.2 Å². The van der Waals surface area contributed by atoms with Gasteiger partial charge in [-0.2, -0.15) is 0 Å². The van der Waals surface area contributed by atoms with Crippen LogP contribution in [-0.4, -0.2) is 49.1 Å². The molecule has 1 heterocycles. The number of ether oxygens (including phenoxy) is 2. The number of likely N-dealkylation sites (tertiary alicyclic amines) is 1. The second kappa shape index (κ2) is 8.86. The maximum atomic E-state index is 12.8. The molecule has 0 radical (unpaired) electrons. The van der Waals surface area contributed by atoms with Gasteiger partial charge in [-0.25, -0.2) is 0 Å². The second-order valence-corrected chi connectivity index (χ2v) is 7.21. The number of carbonyl (C=O) groups excluding carboxylic acids is 2. The van der Waals surface area contributed by atoms with E-state index in [0.29, 0.717) is 21.9 Å². The summed E-state index contributed by atoms with van der Waals surface area (Å²) in [4.78, 5) is 26.9. The van der Waals surface area contributed by atoms with Crippen molar-refractivity contribution in [3.05, 3.63) is 69.2 Å². The predicted molar refractivity (Wildman–Crippen MR) is 110 cm³/mol. The number of hydrogen-bond donors (Lipinski definition) is 1. The normalized spacial score (nSPS) is 18.3. The van der Waals surface area contributed by atoms with Gasteiger partial charge in [0, 0.05) is 19.2 Å². The van der Waals surface area contributed by atoms with E-state index in [0.717, 1.165) is 0 Å². The lowest BCUT2D eigenvalue weighted by Crippen LogP contribution is -2.32. The number of Topliss-reactive ketones (excluding diaryl/α,β-unsaturated/α-hetero) is 1. The third-order valence-electron chi connectivity index (χ3n) is 4.68. The molecule has 6 nitrogen and oxygen atoms in total. The monoisotopic (exact) mass is 435 g/mol. The molecule has 29 heavy (non-hydrogen) atoms. The van der Waals surface area contributed by atoms with Crippen molar-refractivity contribution < 1.29 is 24.2 Å². The number of hydrogen-bond acceptors (Lipinski definition) is 5. The highest BCUT2D eigenvalue weighted by Crippen LogP contribution is 2.41. The van der Waals surface area contributed by atoms with E-state index in [4.69, 9.17) is 32.7 Å². The van der Waals surface area contributed by atoms with Gasteiger partial charge in [-0.05, 0) is 29.8 Å². The molecule has 1 saturated heterocycles. The van der Waals surface area contributed by atoms with Gasteiger partial charge in [-0.3, -0.25) is 9.59 Å². The van der Waals surface area contributed by atoms with Gasteiger partial charge in [0.05, 0.1) is 35.4 Å². The van der Waals surface area contributed by atoms with Crippen molar-refractivity contribution in [2.75, 3.05) is 27.4 Å². The minimum absolute atomic E-state index is 0.0299. The summed E-state index contributed by atoms with van der Waals surface area (Å²) >= 11 is 12.2. The molecule has 1 fully saturated rings. The average Bonchev–Trinajstić information content (AvgIpc) is 2.98. The minimum atomic E-state index is -0.828. The number of aliphatic hydroxyl groups is 1. The average molecular weight is 436 g/mol. The highest BCUT2D eigenvalue weighted by atomic mass is 35.5. The third kappa shape index (κ3) is 4.10. The Hall–Kier alpha value is -2.54. The van der Waals surface area contributed by atoms with Crippen LogP contribution in [0, 0.1) is 0 Å². The maximum absolute atomic E-state index is 12.8. The summed E-state index contributed by atoms with van der Waals surface area (Å²) in [5, 5.41) is 11.6. The summed E-state index contributed by atoms with van der Waals surface area (Å²) < 4.78 is 10.3. The Morgan fingerprint density at radius 3 is 2.52 bits per heavy atom. The Kier molecular flexibility index (Phi) is 6.47. The van der Waals surface area contributed by atoms with Crippen LogP contribution >= 0.6 is 23.2 Å². The smallest absolute Gasteiger partial charge is 0.295 e. The van der Waals surface area contributed by atoms with Crippen molar-refractivity contribution in [2.24, 2.45) is 0 Å². The van der Waals surface area contributed by atoms with E-state index in [1.165, 1.54) is 19.1 Å². The van der Waals surface area contributed by atoms with Crippen LogP contribution in [0.25, 0.3) is 5.76 Å². The summed E-state index contributed by atoms with van der Waals surface area (Å²) in [7, 11) is 3.00. The summed E-state index contributed by atoms with van der Waals surface area (Å²) in [5.74, 6) is -1.29. The molecule has 152 valence electrons. The van der Waals surface area contributed by atoms with Gasteiger partial charge in [0.2, 0.25) is 0 Å². The van der Waals surface area contributed by atoms with Crippen molar-refractivity contribution in [1.29, 1.82) is 0 Å². The van der Waals surface area contributed by atoms with Gasteiger partial charge in [-0.1, -0.05) is 41.4 Å². The predicted octanol–water partition coefficient (Wildman–Crippen LogP) is 4.07. The first-order valence-electron chi connectivity index (χ1n) is 8.75. The van der Waals surface area contributed by atoms with Gasteiger partial charge < -0.3 is 19.5 Å². The summed E-state index contributed by atoms with van der Waals surface area (Å²) in [5.41, 5.74) is 0.885. The molecule has 1 unspecified atom stereocenters. The fraction of sp³-hybridized carbons (Fsp3) is 0.238. The quantitative estimate of drug-likeness (QED) is 0.420. The van der Waals surface area contributed by atoms with Gasteiger partial charge in [0.25, 0.3) is 11.7 Å². The van der Waals surface area contributed by atoms with Gasteiger partial charge >= 0.3 is 0 Å². The number of methoxy groups -OCH3 is 2. The van der Waals surface area contributed by atoms with Gasteiger partial charge in [-0.15, -0.1) is 0 Å². The lowest BCUT2D eigenvalue weighted by Gasteiger charge is -2.25. The van der Waals surface area contributed by atoms with E-state index < -0.39 is 17.7 Å². The zero-order valence-corrected chi connectivity index (χ0v) is 17.3. The second-order valence-electron chi connectivity index (χ2n) is 6.39. The van der Waals surface area contributed by atoms with Crippen molar-refractivity contribution in [1.82, 2.24) is 4.90 Å². The lowest BCUT2D eigenvalue weighted by molar-refractivity contribution is -0.140. The molecule has 0 bridgehead atoms. The molecular weight excluding hydrogens is 417 g/mol. The molecule has 1 atom stereocenters. The van der Waals surface area contributed by atoms with Crippen LogP contribution in [0.4, 0.5) is 0 Å². The van der Waals surface area contributed by atoms with Crippen LogP contribution in [0.5, 0.6) is 5.75 Å². The number of amides is 1.